The average molecular weight is 428 g/mol. The topological polar surface area (TPSA) is 99.0 Å². The van der Waals surface area contributed by atoms with Crippen molar-refractivity contribution >= 4 is 23.2 Å². The molecular weight excluding hydrogens is 403 g/mol. The summed E-state index contributed by atoms with van der Waals surface area (Å²) in [5.41, 5.74) is 0.234. The third-order valence-electron chi connectivity index (χ3n) is 4.77. The van der Waals surface area contributed by atoms with Gasteiger partial charge in [-0.3, -0.25) is 14.3 Å². The van der Waals surface area contributed by atoms with Crippen LogP contribution in [0.1, 0.15) is 44.5 Å². The van der Waals surface area contributed by atoms with E-state index < -0.39 is 17.2 Å². The number of benzene rings is 1. The molecule has 0 fully saturated rings. The number of hydrogen-bond donors (Lipinski definition) is 1. The number of halogens is 1. The highest BCUT2D eigenvalue weighted by molar-refractivity contribution is 5.87. The second-order valence-electron chi connectivity index (χ2n) is 7.11. The van der Waals surface area contributed by atoms with Gasteiger partial charge in [0.25, 0.3) is 5.56 Å². The Kier molecular flexibility index (Phi) is 7.17. The maximum Gasteiger partial charge on any atom is 0.331 e. The number of ether oxygens (including phenoxy) is 1. The van der Waals surface area contributed by atoms with Gasteiger partial charge in [0.15, 0.2) is 11.2 Å². The number of H-pyrrole nitrogens is 1. The Hall–Kier alpha value is -3.49. The van der Waals surface area contributed by atoms with Gasteiger partial charge in [0, 0.05) is 19.2 Å². The van der Waals surface area contributed by atoms with Crippen LogP contribution in [0, 0.1) is 5.82 Å². The molecule has 0 amide bonds. The number of carbonyl (C=O) groups is 1. The van der Waals surface area contributed by atoms with E-state index in [1.165, 1.54) is 28.9 Å². The van der Waals surface area contributed by atoms with Crippen molar-refractivity contribution in [2.24, 2.45) is 0 Å². The molecule has 0 saturated carbocycles. The van der Waals surface area contributed by atoms with Crippen molar-refractivity contribution in [3.8, 4) is 0 Å². The number of aromatic amines is 1. The van der Waals surface area contributed by atoms with Crippen molar-refractivity contribution in [1.82, 2.24) is 19.1 Å². The summed E-state index contributed by atoms with van der Waals surface area (Å²) in [5.74, 6) is -0.569. The predicted molar refractivity (Wildman–Crippen MR) is 115 cm³/mol. The first kappa shape index (κ1) is 22.2. The Morgan fingerprint density at radius 1 is 1.13 bits per heavy atom. The van der Waals surface area contributed by atoms with E-state index in [1.54, 1.807) is 16.7 Å². The van der Waals surface area contributed by atoms with Crippen LogP contribution < -0.4 is 11.2 Å². The van der Waals surface area contributed by atoms with Gasteiger partial charge < -0.3 is 9.30 Å². The maximum atomic E-state index is 13.0. The van der Waals surface area contributed by atoms with Crippen LogP contribution in [0.25, 0.3) is 17.2 Å². The van der Waals surface area contributed by atoms with Gasteiger partial charge >= 0.3 is 11.7 Å². The normalized spacial score (nSPS) is 11.5. The summed E-state index contributed by atoms with van der Waals surface area (Å²) in [6.07, 6.45) is 5.13. The largest absolute Gasteiger partial charge is 0.454 e. The predicted octanol–water partition coefficient (Wildman–Crippen LogP) is 2.99. The molecule has 0 aliphatic heterocycles. The Morgan fingerprint density at radius 2 is 1.87 bits per heavy atom. The van der Waals surface area contributed by atoms with Crippen LogP contribution in [-0.2, 0) is 29.2 Å². The lowest BCUT2D eigenvalue weighted by Crippen LogP contribution is -2.31. The molecule has 0 aliphatic rings. The summed E-state index contributed by atoms with van der Waals surface area (Å²) in [6.45, 7) is 4.74. The highest BCUT2D eigenvalue weighted by Crippen LogP contribution is 2.14. The summed E-state index contributed by atoms with van der Waals surface area (Å²) in [4.78, 5) is 43.7. The molecule has 0 aliphatic carbocycles. The van der Waals surface area contributed by atoms with Crippen molar-refractivity contribution in [2.75, 3.05) is 0 Å². The lowest BCUT2D eigenvalue weighted by Gasteiger charge is -2.08. The molecule has 2 aromatic heterocycles. The molecule has 31 heavy (non-hydrogen) atoms. The lowest BCUT2D eigenvalue weighted by atomic mass is 10.2. The second kappa shape index (κ2) is 10.0. The summed E-state index contributed by atoms with van der Waals surface area (Å²) in [6, 6.07) is 5.69. The number of unbranched alkanes of at least 4 members (excludes halogenated alkanes) is 1. The number of imidazole rings is 1. The number of nitrogens with one attached hydrogen (secondary N) is 1. The van der Waals surface area contributed by atoms with E-state index in [0.29, 0.717) is 35.6 Å². The lowest BCUT2D eigenvalue weighted by molar-refractivity contribution is -0.139. The zero-order valence-electron chi connectivity index (χ0n) is 17.6. The van der Waals surface area contributed by atoms with Crippen molar-refractivity contribution in [3.63, 3.8) is 0 Å². The fourth-order valence-corrected chi connectivity index (χ4v) is 3.24. The smallest absolute Gasteiger partial charge is 0.331 e. The third kappa shape index (κ3) is 5.17. The first-order valence-corrected chi connectivity index (χ1v) is 10.3. The summed E-state index contributed by atoms with van der Waals surface area (Å²) >= 11 is 0. The number of esters is 1. The molecule has 8 nitrogen and oxygen atoms in total. The van der Waals surface area contributed by atoms with Crippen molar-refractivity contribution in [2.45, 2.75) is 52.8 Å². The summed E-state index contributed by atoms with van der Waals surface area (Å²) in [7, 11) is 0. The van der Waals surface area contributed by atoms with E-state index in [2.05, 4.69) is 9.97 Å². The van der Waals surface area contributed by atoms with Crippen LogP contribution in [0.15, 0.2) is 39.9 Å². The monoisotopic (exact) mass is 428 g/mol. The van der Waals surface area contributed by atoms with E-state index in [0.717, 1.165) is 19.3 Å². The zero-order chi connectivity index (χ0) is 22.4. The zero-order valence-corrected chi connectivity index (χ0v) is 17.6. The van der Waals surface area contributed by atoms with Gasteiger partial charge in [0.05, 0.1) is 0 Å². The van der Waals surface area contributed by atoms with Gasteiger partial charge in [0.1, 0.15) is 18.2 Å². The van der Waals surface area contributed by atoms with Crippen molar-refractivity contribution in [1.29, 1.82) is 0 Å². The molecular formula is C22H25FN4O4. The Balaban J connectivity index is 1.87. The molecule has 164 valence electrons. The Morgan fingerprint density at radius 3 is 2.55 bits per heavy atom. The Bertz CT molecular complexity index is 1210. The van der Waals surface area contributed by atoms with Crippen molar-refractivity contribution in [3.05, 3.63) is 68.4 Å². The molecule has 1 aromatic carbocycles. The number of carbonyl (C=O) groups excluding carboxylic acids is 1. The van der Waals surface area contributed by atoms with Gasteiger partial charge in [-0.2, -0.15) is 0 Å². The third-order valence-corrected chi connectivity index (χ3v) is 4.77. The van der Waals surface area contributed by atoms with Gasteiger partial charge in [-0.15, -0.1) is 0 Å². The summed E-state index contributed by atoms with van der Waals surface area (Å²) in [5, 5.41) is 0. The summed E-state index contributed by atoms with van der Waals surface area (Å²) < 4.78 is 21.4. The second-order valence-corrected chi connectivity index (χ2v) is 7.11. The minimum absolute atomic E-state index is 0.150. The highest BCUT2D eigenvalue weighted by atomic mass is 19.1. The molecule has 1 N–H and O–H groups in total. The van der Waals surface area contributed by atoms with Gasteiger partial charge in [-0.05, 0) is 36.6 Å². The SMILES string of the molecule is CCCCn1c(=O)[nH]c(=O)c2c1nc(COC(=O)/C=C/c1ccc(F)cc1)n2CCC. The van der Waals surface area contributed by atoms with Crippen LogP contribution in [0.5, 0.6) is 0 Å². The molecule has 0 bridgehead atoms. The number of fused-ring (bicyclic) bond motifs is 1. The van der Waals surface area contributed by atoms with E-state index in [-0.39, 0.29) is 12.4 Å². The van der Waals surface area contributed by atoms with Crippen LogP contribution >= 0.6 is 0 Å². The van der Waals surface area contributed by atoms with Crippen LogP contribution in [0.4, 0.5) is 4.39 Å². The molecule has 0 saturated heterocycles. The maximum absolute atomic E-state index is 13.0. The first-order chi connectivity index (χ1) is 14.9. The average Bonchev–Trinajstić information content (AvgIpc) is 3.10. The minimum atomic E-state index is -0.600. The fraction of sp³-hybridized carbons (Fsp3) is 0.364. The molecule has 0 atom stereocenters. The van der Waals surface area contributed by atoms with E-state index in [1.807, 2.05) is 13.8 Å². The molecule has 3 aromatic rings. The van der Waals surface area contributed by atoms with Crippen LogP contribution in [0.2, 0.25) is 0 Å². The van der Waals surface area contributed by atoms with Gasteiger partial charge in [-0.25, -0.2) is 19.0 Å². The quantitative estimate of drug-likeness (QED) is 0.417. The standard InChI is InChI=1S/C22H25FN4O4/c1-3-5-13-27-20-19(21(29)25-22(27)30)26(12-4-2)17(24-20)14-31-18(28)11-8-15-6-9-16(23)10-7-15/h6-11H,3-5,12-14H2,1-2H3,(H,25,29,30)/b11-8+. The number of rotatable bonds is 9. The number of aryl methyl sites for hydroxylation is 2. The molecule has 0 unspecified atom stereocenters. The van der Waals surface area contributed by atoms with Gasteiger partial charge in [0.2, 0.25) is 0 Å². The Labute approximate surface area is 178 Å². The number of nitrogens with zero attached hydrogens (tertiary/aromatic N) is 3. The molecule has 9 heteroatoms. The van der Waals surface area contributed by atoms with Crippen molar-refractivity contribution < 1.29 is 13.9 Å². The number of hydrogen-bond acceptors (Lipinski definition) is 5. The van der Waals surface area contributed by atoms with E-state index in [4.69, 9.17) is 4.74 Å². The number of aromatic nitrogens is 4. The fourth-order valence-electron chi connectivity index (χ4n) is 3.24. The molecule has 0 radical (unpaired) electrons. The van der Waals surface area contributed by atoms with Gasteiger partial charge in [-0.1, -0.05) is 32.4 Å². The van der Waals surface area contributed by atoms with E-state index in [9.17, 15) is 18.8 Å². The molecule has 2 heterocycles. The highest BCUT2D eigenvalue weighted by Gasteiger charge is 2.18. The molecule has 3 rings (SSSR count). The van der Waals surface area contributed by atoms with E-state index >= 15 is 0 Å². The first-order valence-electron chi connectivity index (χ1n) is 10.3. The van der Waals surface area contributed by atoms with Crippen LogP contribution in [0.3, 0.4) is 0 Å². The molecule has 0 spiro atoms. The van der Waals surface area contributed by atoms with Crippen LogP contribution in [-0.4, -0.2) is 25.1 Å². The minimum Gasteiger partial charge on any atom is -0.454 e.